The Bertz CT molecular complexity index is 393. The predicted molar refractivity (Wildman–Crippen MR) is 64.4 cm³/mol. The van der Waals surface area contributed by atoms with Gasteiger partial charge in [0.2, 0.25) is 0 Å². The van der Waals surface area contributed by atoms with Gasteiger partial charge in [-0.25, -0.2) is 4.98 Å². The maximum atomic E-state index is 7.31. The van der Waals surface area contributed by atoms with Crippen LogP contribution >= 0.6 is 0 Å². The van der Waals surface area contributed by atoms with Gasteiger partial charge < -0.3 is 15.2 Å². The molecular weight excluding hydrogens is 220 g/mol. The number of aryl methyl sites for hydroxylation is 1. The van der Waals surface area contributed by atoms with Gasteiger partial charge in [-0.2, -0.15) is 4.98 Å². The fourth-order valence-corrected chi connectivity index (χ4v) is 1.16. The molecule has 0 saturated heterocycles. The molecule has 1 heterocycles. The average Bonchev–Trinajstić information content (AvgIpc) is 2.23. The summed E-state index contributed by atoms with van der Waals surface area (Å²) in [4.78, 5) is 8.10. The van der Waals surface area contributed by atoms with Crippen molar-refractivity contribution in [2.24, 2.45) is 5.73 Å². The lowest BCUT2D eigenvalue weighted by Gasteiger charge is -2.09. The monoisotopic (exact) mass is 238 g/mol. The van der Waals surface area contributed by atoms with Crippen molar-refractivity contribution in [3.63, 3.8) is 0 Å². The average molecular weight is 238 g/mol. The van der Waals surface area contributed by atoms with Crippen LogP contribution in [-0.4, -0.2) is 35.1 Å². The van der Waals surface area contributed by atoms with Gasteiger partial charge in [-0.1, -0.05) is 0 Å². The molecule has 0 fully saturated rings. The number of nitrogens with zero attached hydrogens (tertiary/aromatic N) is 2. The molecule has 94 valence electrons. The van der Waals surface area contributed by atoms with Gasteiger partial charge in [-0.05, 0) is 26.8 Å². The van der Waals surface area contributed by atoms with Crippen molar-refractivity contribution in [1.82, 2.24) is 9.97 Å². The van der Waals surface area contributed by atoms with Crippen molar-refractivity contribution in [2.45, 2.75) is 26.9 Å². The lowest BCUT2D eigenvalue weighted by molar-refractivity contribution is 0.0530. The number of ether oxygens (including phenoxy) is 2. The molecule has 0 unspecified atom stereocenters. The van der Waals surface area contributed by atoms with Gasteiger partial charge in [0.25, 0.3) is 0 Å². The van der Waals surface area contributed by atoms with E-state index in [1.165, 1.54) is 0 Å². The first-order chi connectivity index (χ1) is 7.99. The van der Waals surface area contributed by atoms with Gasteiger partial charge in [-0.15, -0.1) is 0 Å². The maximum Gasteiger partial charge on any atom is 0.317 e. The molecular formula is C11H18N4O2. The van der Waals surface area contributed by atoms with Crippen molar-refractivity contribution in [3.8, 4) is 6.01 Å². The Kier molecular flexibility index (Phi) is 4.84. The number of hydrogen-bond acceptors (Lipinski definition) is 5. The molecule has 17 heavy (non-hydrogen) atoms. The third kappa shape index (κ3) is 4.78. The highest BCUT2D eigenvalue weighted by Gasteiger charge is 2.05. The van der Waals surface area contributed by atoms with E-state index < -0.39 is 0 Å². The van der Waals surface area contributed by atoms with E-state index in [-0.39, 0.29) is 18.0 Å². The highest BCUT2D eigenvalue weighted by molar-refractivity contribution is 5.93. The minimum atomic E-state index is -0.0984. The summed E-state index contributed by atoms with van der Waals surface area (Å²) >= 11 is 0. The van der Waals surface area contributed by atoms with Crippen molar-refractivity contribution >= 4 is 5.84 Å². The first-order valence-corrected chi connectivity index (χ1v) is 5.43. The van der Waals surface area contributed by atoms with Crippen molar-refractivity contribution in [3.05, 3.63) is 17.5 Å². The number of amidine groups is 1. The third-order valence-electron chi connectivity index (χ3n) is 1.88. The van der Waals surface area contributed by atoms with Crippen molar-refractivity contribution < 1.29 is 9.47 Å². The van der Waals surface area contributed by atoms with Crippen LogP contribution < -0.4 is 10.5 Å². The Morgan fingerprint density at radius 1 is 1.41 bits per heavy atom. The second-order valence-electron chi connectivity index (χ2n) is 3.86. The molecule has 0 saturated carbocycles. The molecule has 0 aromatic carbocycles. The van der Waals surface area contributed by atoms with Gasteiger partial charge >= 0.3 is 6.01 Å². The van der Waals surface area contributed by atoms with Crippen molar-refractivity contribution in [2.75, 3.05) is 13.2 Å². The summed E-state index contributed by atoms with van der Waals surface area (Å²) in [6.07, 6.45) is 0.171. The van der Waals surface area contributed by atoms with Gasteiger partial charge in [0.1, 0.15) is 18.1 Å². The molecule has 6 nitrogen and oxygen atoms in total. The van der Waals surface area contributed by atoms with Crippen LogP contribution in [0.5, 0.6) is 6.01 Å². The van der Waals surface area contributed by atoms with E-state index in [4.69, 9.17) is 20.6 Å². The third-order valence-corrected chi connectivity index (χ3v) is 1.88. The normalized spacial score (nSPS) is 10.6. The number of aromatic nitrogens is 2. The molecule has 0 atom stereocenters. The predicted octanol–water partition coefficient (Wildman–Crippen LogP) is 0.873. The Hall–Kier alpha value is -1.69. The number of nitrogen functional groups attached to an aromatic ring is 1. The smallest absolute Gasteiger partial charge is 0.317 e. The van der Waals surface area contributed by atoms with Gasteiger partial charge in [0.15, 0.2) is 0 Å². The zero-order valence-electron chi connectivity index (χ0n) is 10.4. The zero-order valence-corrected chi connectivity index (χ0v) is 10.4. The number of hydrogen-bond donors (Lipinski definition) is 2. The van der Waals surface area contributed by atoms with Crippen LogP contribution in [0.3, 0.4) is 0 Å². The minimum absolute atomic E-state index is 0.0984. The summed E-state index contributed by atoms with van der Waals surface area (Å²) in [5.41, 5.74) is 6.44. The van der Waals surface area contributed by atoms with E-state index in [0.29, 0.717) is 24.6 Å². The molecule has 0 aliphatic rings. The van der Waals surface area contributed by atoms with Crippen molar-refractivity contribution in [1.29, 1.82) is 5.41 Å². The highest BCUT2D eigenvalue weighted by Crippen LogP contribution is 2.06. The van der Waals surface area contributed by atoms with Crippen LogP contribution in [0.1, 0.15) is 25.2 Å². The number of nitrogens with one attached hydrogen (secondary N) is 1. The topological polar surface area (TPSA) is 94.1 Å². The van der Waals surface area contributed by atoms with Crippen LogP contribution in [0.2, 0.25) is 0 Å². The summed E-state index contributed by atoms with van der Waals surface area (Å²) < 4.78 is 10.7. The van der Waals surface area contributed by atoms with Crippen LogP contribution in [-0.2, 0) is 4.74 Å². The lowest BCUT2D eigenvalue weighted by atomic mass is 10.3. The Morgan fingerprint density at radius 2 is 2.12 bits per heavy atom. The van der Waals surface area contributed by atoms with Crippen LogP contribution in [0, 0.1) is 12.3 Å². The molecule has 1 aromatic rings. The van der Waals surface area contributed by atoms with Crippen LogP contribution in [0.25, 0.3) is 0 Å². The maximum absolute atomic E-state index is 7.31. The summed E-state index contributed by atoms with van der Waals surface area (Å²) in [5.74, 6) is -0.0984. The zero-order chi connectivity index (χ0) is 12.8. The van der Waals surface area contributed by atoms with Crippen LogP contribution in [0.4, 0.5) is 0 Å². The quantitative estimate of drug-likeness (QED) is 0.435. The molecule has 0 spiro atoms. The Balaban J connectivity index is 2.56. The molecule has 6 heteroatoms. The first-order valence-electron chi connectivity index (χ1n) is 5.43. The molecule has 0 amide bonds. The highest BCUT2D eigenvalue weighted by atomic mass is 16.5. The largest absolute Gasteiger partial charge is 0.461 e. The summed E-state index contributed by atoms with van der Waals surface area (Å²) in [6.45, 7) is 6.56. The van der Waals surface area contributed by atoms with Gasteiger partial charge in [-0.3, -0.25) is 5.41 Å². The number of rotatable bonds is 6. The standard InChI is InChI=1S/C11H18N4O2/c1-7(2)16-4-5-17-11-14-8(3)6-9(15-11)10(12)13/h6-7H,4-5H2,1-3H3,(H3,12,13). The minimum Gasteiger partial charge on any atom is -0.461 e. The summed E-state index contributed by atoms with van der Waals surface area (Å²) in [6, 6.07) is 1.86. The summed E-state index contributed by atoms with van der Waals surface area (Å²) in [7, 11) is 0. The van der Waals surface area contributed by atoms with Gasteiger partial charge in [0, 0.05) is 5.69 Å². The Morgan fingerprint density at radius 3 is 2.71 bits per heavy atom. The second-order valence-corrected chi connectivity index (χ2v) is 3.86. The van der Waals surface area contributed by atoms with E-state index in [2.05, 4.69) is 9.97 Å². The molecule has 0 aliphatic carbocycles. The first kappa shape index (κ1) is 13.4. The lowest BCUT2D eigenvalue weighted by Crippen LogP contribution is -2.16. The molecule has 1 aromatic heterocycles. The van der Waals surface area contributed by atoms with E-state index >= 15 is 0 Å². The van der Waals surface area contributed by atoms with E-state index in [9.17, 15) is 0 Å². The molecule has 1 rings (SSSR count). The SMILES string of the molecule is Cc1cc(C(=N)N)nc(OCCOC(C)C)n1. The molecule has 0 bridgehead atoms. The molecule has 0 radical (unpaired) electrons. The molecule has 0 aliphatic heterocycles. The number of nitrogens with two attached hydrogens (primary N) is 1. The fourth-order valence-electron chi connectivity index (χ4n) is 1.16. The van der Waals surface area contributed by atoms with E-state index in [1.807, 2.05) is 13.8 Å². The molecule has 3 N–H and O–H groups in total. The van der Waals surface area contributed by atoms with Gasteiger partial charge in [0.05, 0.1) is 12.7 Å². The Labute approximate surface area is 101 Å². The van der Waals surface area contributed by atoms with E-state index in [0.717, 1.165) is 0 Å². The van der Waals surface area contributed by atoms with E-state index in [1.54, 1.807) is 13.0 Å². The van der Waals surface area contributed by atoms with Crippen LogP contribution in [0.15, 0.2) is 6.07 Å². The summed E-state index contributed by atoms with van der Waals surface area (Å²) in [5, 5.41) is 7.31. The fraction of sp³-hybridized carbons (Fsp3) is 0.545. The second kappa shape index (κ2) is 6.15.